The number of aryl methyl sites for hydroxylation is 1. The molecule has 1 aromatic heterocycles. The number of nitrogens with one attached hydrogen (secondary N) is 2. The molecule has 0 saturated heterocycles. The predicted molar refractivity (Wildman–Crippen MR) is 126 cm³/mol. The first kappa shape index (κ1) is 23.0. The van der Waals surface area contributed by atoms with Crippen LogP contribution in [0.3, 0.4) is 0 Å². The van der Waals surface area contributed by atoms with Gasteiger partial charge in [-0.05, 0) is 28.2 Å². The maximum atomic E-state index is 12.8. The zero-order valence-electron chi connectivity index (χ0n) is 19.1. The Bertz CT molecular complexity index is 1200. The molecule has 1 atom stereocenters. The van der Waals surface area contributed by atoms with Crippen molar-refractivity contribution in [3.63, 3.8) is 0 Å². The summed E-state index contributed by atoms with van der Waals surface area (Å²) in [7, 11) is 1.55. The lowest BCUT2D eigenvalue weighted by Gasteiger charge is -2.22. The number of anilines is 1. The highest BCUT2D eigenvalue weighted by Crippen LogP contribution is 2.44. The highest BCUT2D eigenvalue weighted by molar-refractivity contribution is 6.01. The standard InChI is InChI=1S/C25H26N4O5/c1-14(2)21(23(30)27-22-19(24(31)32)12-29(3)28-22)26-25(33)34-13-20-17-10-6-4-8-15(17)16-9-5-7-11-18(16)20/h4-12,14,20-21H,13H2,1-3H3,(H,26,33)(H,31,32)(H,27,28,30)/t21-/m1/s1. The number of carbonyl (C=O) groups excluding carboxylic acids is 2. The van der Waals surface area contributed by atoms with E-state index in [-0.39, 0.29) is 29.8 Å². The lowest BCUT2D eigenvalue weighted by molar-refractivity contribution is -0.119. The minimum Gasteiger partial charge on any atom is -0.477 e. The molecule has 3 N–H and O–H groups in total. The van der Waals surface area contributed by atoms with Gasteiger partial charge in [-0.3, -0.25) is 9.48 Å². The fraction of sp³-hybridized carbons (Fsp3) is 0.280. The topological polar surface area (TPSA) is 123 Å². The van der Waals surface area contributed by atoms with E-state index in [1.54, 1.807) is 20.9 Å². The highest BCUT2D eigenvalue weighted by Gasteiger charge is 2.31. The summed E-state index contributed by atoms with van der Waals surface area (Å²) in [5.74, 6) is -2.26. The smallest absolute Gasteiger partial charge is 0.407 e. The molecule has 0 saturated carbocycles. The molecule has 0 fully saturated rings. The SMILES string of the molecule is CC(C)[C@@H](NC(=O)OCC1c2ccccc2-c2ccccc21)C(=O)Nc1nn(C)cc1C(=O)O. The first-order valence-corrected chi connectivity index (χ1v) is 11.0. The van der Waals surface area contributed by atoms with Gasteiger partial charge in [-0.15, -0.1) is 0 Å². The van der Waals surface area contributed by atoms with Crippen molar-refractivity contribution in [2.24, 2.45) is 13.0 Å². The van der Waals surface area contributed by atoms with E-state index in [9.17, 15) is 19.5 Å². The number of ether oxygens (including phenoxy) is 1. The third-order valence-corrected chi connectivity index (χ3v) is 5.87. The van der Waals surface area contributed by atoms with Gasteiger partial charge < -0.3 is 20.5 Å². The van der Waals surface area contributed by atoms with Crippen LogP contribution in [0.5, 0.6) is 0 Å². The number of carbonyl (C=O) groups is 3. The molecule has 2 amide bonds. The molecule has 3 aromatic rings. The Morgan fingerprint density at radius 3 is 2.21 bits per heavy atom. The normalized spacial score (nSPS) is 13.2. The summed E-state index contributed by atoms with van der Waals surface area (Å²) in [6, 6.07) is 15.1. The van der Waals surface area contributed by atoms with Crippen molar-refractivity contribution in [2.45, 2.75) is 25.8 Å². The number of hydrogen-bond donors (Lipinski definition) is 3. The van der Waals surface area contributed by atoms with Gasteiger partial charge in [0.25, 0.3) is 0 Å². The molecule has 4 rings (SSSR count). The molecular formula is C25H26N4O5. The Morgan fingerprint density at radius 1 is 1.06 bits per heavy atom. The summed E-state index contributed by atoms with van der Waals surface area (Å²) >= 11 is 0. The van der Waals surface area contributed by atoms with E-state index in [1.165, 1.54) is 10.9 Å². The Kier molecular flexibility index (Phi) is 6.36. The number of benzene rings is 2. The van der Waals surface area contributed by atoms with Gasteiger partial charge in [-0.1, -0.05) is 62.4 Å². The molecule has 1 aliphatic rings. The average Bonchev–Trinajstić information content (AvgIpc) is 3.33. The minimum absolute atomic E-state index is 0.0833. The van der Waals surface area contributed by atoms with E-state index in [1.807, 2.05) is 36.4 Å². The summed E-state index contributed by atoms with van der Waals surface area (Å²) in [5, 5.41) is 18.4. The highest BCUT2D eigenvalue weighted by atomic mass is 16.5. The monoisotopic (exact) mass is 462 g/mol. The van der Waals surface area contributed by atoms with Crippen LogP contribution in [-0.4, -0.2) is 45.5 Å². The van der Waals surface area contributed by atoms with Gasteiger partial charge in [0, 0.05) is 19.2 Å². The molecule has 176 valence electrons. The van der Waals surface area contributed by atoms with Crippen LogP contribution in [0.25, 0.3) is 11.1 Å². The van der Waals surface area contributed by atoms with Gasteiger partial charge in [0.1, 0.15) is 18.2 Å². The Balaban J connectivity index is 1.43. The van der Waals surface area contributed by atoms with Crippen molar-refractivity contribution < 1.29 is 24.2 Å². The van der Waals surface area contributed by atoms with E-state index in [2.05, 4.69) is 27.9 Å². The van der Waals surface area contributed by atoms with E-state index in [0.717, 1.165) is 22.3 Å². The number of hydrogen-bond acceptors (Lipinski definition) is 5. The molecule has 1 heterocycles. The van der Waals surface area contributed by atoms with Gasteiger partial charge in [0.2, 0.25) is 5.91 Å². The second kappa shape index (κ2) is 9.38. The molecule has 0 radical (unpaired) electrons. The minimum atomic E-state index is -1.21. The number of fused-ring (bicyclic) bond motifs is 3. The van der Waals surface area contributed by atoms with Crippen molar-refractivity contribution in [1.29, 1.82) is 0 Å². The molecular weight excluding hydrogens is 436 g/mol. The summed E-state index contributed by atoms with van der Waals surface area (Å²) in [5.41, 5.74) is 4.28. The first-order valence-electron chi connectivity index (χ1n) is 11.0. The van der Waals surface area contributed by atoms with Crippen molar-refractivity contribution >= 4 is 23.8 Å². The maximum absolute atomic E-state index is 12.8. The molecule has 0 spiro atoms. The summed E-state index contributed by atoms with van der Waals surface area (Å²) < 4.78 is 6.84. The summed E-state index contributed by atoms with van der Waals surface area (Å²) in [6.07, 6.45) is 0.566. The number of carboxylic acid groups (broad SMARTS) is 1. The number of alkyl carbamates (subject to hydrolysis) is 1. The Morgan fingerprint density at radius 2 is 1.65 bits per heavy atom. The van der Waals surface area contributed by atoms with Crippen LogP contribution in [0.1, 0.15) is 41.3 Å². The zero-order valence-corrected chi connectivity index (χ0v) is 19.1. The van der Waals surface area contributed by atoms with E-state index in [4.69, 9.17) is 4.74 Å². The lowest BCUT2D eigenvalue weighted by Crippen LogP contribution is -2.47. The van der Waals surface area contributed by atoms with Crippen LogP contribution in [0, 0.1) is 5.92 Å². The Hall–Kier alpha value is -4.14. The number of rotatable bonds is 7. The second-order valence-corrected chi connectivity index (χ2v) is 8.55. The van der Waals surface area contributed by atoms with Crippen LogP contribution < -0.4 is 10.6 Å². The number of aromatic carboxylic acids is 1. The fourth-order valence-electron chi connectivity index (χ4n) is 4.23. The zero-order chi connectivity index (χ0) is 24.4. The number of carboxylic acids is 1. The van der Waals surface area contributed by atoms with Crippen LogP contribution in [0.2, 0.25) is 0 Å². The maximum Gasteiger partial charge on any atom is 0.407 e. The average molecular weight is 463 g/mol. The summed E-state index contributed by atoms with van der Waals surface area (Å²) in [4.78, 5) is 36.9. The van der Waals surface area contributed by atoms with Gasteiger partial charge in [-0.25, -0.2) is 9.59 Å². The van der Waals surface area contributed by atoms with Gasteiger partial charge in [0.05, 0.1) is 0 Å². The van der Waals surface area contributed by atoms with Crippen LogP contribution in [0.4, 0.5) is 10.6 Å². The molecule has 9 nitrogen and oxygen atoms in total. The van der Waals surface area contributed by atoms with Crippen LogP contribution in [0.15, 0.2) is 54.7 Å². The number of nitrogens with zero attached hydrogens (tertiary/aromatic N) is 2. The van der Waals surface area contributed by atoms with Gasteiger partial charge >= 0.3 is 12.1 Å². The molecule has 2 aromatic carbocycles. The molecule has 0 aliphatic heterocycles. The van der Waals surface area contributed by atoms with E-state index < -0.39 is 24.0 Å². The lowest BCUT2D eigenvalue weighted by atomic mass is 9.98. The third-order valence-electron chi connectivity index (χ3n) is 5.87. The first-order chi connectivity index (χ1) is 16.3. The summed E-state index contributed by atoms with van der Waals surface area (Å²) in [6.45, 7) is 3.66. The van der Waals surface area contributed by atoms with Crippen LogP contribution in [-0.2, 0) is 16.6 Å². The van der Waals surface area contributed by atoms with Gasteiger partial charge in [-0.2, -0.15) is 5.10 Å². The van der Waals surface area contributed by atoms with E-state index in [0.29, 0.717) is 0 Å². The predicted octanol–water partition coefficient (Wildman–Crippen LogP) is 3.62. The molecule has 34 heavy (non-hydrogen) atoms. The number of aromatic nitrogens is 2. The second-order valence-electron chi connectivity index (χ2n) is 8.55. The fourth-order valence-corrected chi connectivity index (χ4v) is 4.23. The molecule has 0 bridgehead atoms. The Labute approximate surface area is 196 Å². The van der Waals surface area contributed by atoms with Crippen molar-refractivity contribution in [2.75, 3.05) is 11.9 Å². The van der Waals surface area contributed by atoms with Crippen molar-refractivity contribution in [1.82, 2.24) is 15.1 Å². The molecule has 0 unspecified atom stereocenters. The third kappa shape index (κ3) is 4.50. The quantitative estimate of drug-likeness (QED) is 0.493. The van der Waals surface area contributed by atoms with Crippen molar-refractivity contribution in [3.8, 4) is 11.1 Å². The molecule has 1 aliphatic carbocycles. The van der Waals surface area contributed by atoms with Crippen molar-refractivity contribution in [3.05, 3.63) is 71.4 Å². The van der Waals surface area contributed by atoms with Gasteiger partial charge in [0.15, 0.2) is 5.82 Å². The van der Waals surface area contributed by atoms with E-state index >= 15 is 0 Å². The largest absolute Gasteiger partial charge is 0.477 e. The number of amides is 2. The molecule has 9 heteroatoms. The van der Waals surface area contributed by atoms with Crippen LogP contribution >= 0.6 is 0 Å².